The third kappa shape index (κ3) is 3.79. The van der Waals surface area contributed by atoms with Gasteiger partial charge in [0.2, 0.25) is 12.7 Å². The van der Waals surface area contributed by atoms with Crippen molar-refractivity contribution >= 4 is 5.91 Å². The van der Waals surface area contributed by atoms with Gasteiger partial charge in [0.15, 0.2) is 11.5 Å². The van der Waals surface area contributed by atoms with Gasteiger partial charge in [-0.05, 0) is 48.7 Å². The Labute approximate surface area is 141 Å². The molecule has 126 valence electrons. The summed E-state index contributed by atoms with van der Waals surface area (Å²) in [6.45, 7) is 2.24. The minimum Gasteiger partial charge on any atom is -0.497 e. The van der Waals surface area contributed by atoms with Gasteiger partial charge in [-0.1, -0.05) is 18.2 Å². The Morgan fingerprint density at radius 1 is 1.17 bits per heavy atom. The number of carbonyl (C=O) groups excluding carboxylic acids is 1. The lowest BCUT2D eigenvalue weighted by molar-refractivity contribution is -0.121. The molecule has 0 saturated heterocycles. The molecular formula is C19H21NO4. The van der Waals surface area contributed by atoms with Crippen molar-refractivity contribution in [1.82, 2.24) is 5.32 Å². The maximum atomic E-state index is 12.2. The smallest absolute Gasteiger partial charge is 0.231 e. The van der Waals surface area contributed by atoms with Crippen molar-refractivity contribution in [1.29, 1.82) is 0 Å². The van der Waals surface area contributed by atoms with Crippen LogP contribution in [0.5, 0.6) is 17.2 Å². The lowest BCUT2D eigenvalue weighted by Crippen LogP contribution is -2.26. The van der Waals surface area contributed by atoms with Crippen molar-refractivity contribution < 1.29 is 19.0 Å². The molecule has 1 N–H and O–H groups in total. The fraction of sp³-hybridized carbons (Fsp3) is 0.316. The number of hydrogen-bond donors (Lipinski definition) is 1. The number of carbonyl (C=O) groups is 1. The molecule has 0 bridgehead atoms. The molecule has 1 aliphatic heterocycles. The Bertz CT molecular complexity index is 712. The standard InChI is InChI=1S/C19H21NO4/c1-13(15-5-7-16(22-2)8-6-15)20-19(21)10-4-14-3-9-17-18(11-14)24-12-23-17/h3,5-9,11,13H,4,10,12H2,1-2H3,(H,20,21)/t13-/m0/s1. The minimum absolute atomic E-state index is 0.0241. The normalized spacial score (nSPS) is 13.4. The fourth-order valence-electron chi connectivity index (χ4n) is 2.64. The van der Waals surface area contributed by atoms with E-state index in [1.807, 2.05) is 49.4 Å². The molecule has 24 heavy (non-hydrogen) atoms. The summed E-state index contributed by atoms with van der Waals surface area (Å²) >= 11 is 0. The van der Waals surface area contributed by atoms with Crippen molar-refractivity contribution in [3.8, 4) is 17.2 Å². The third-order valence-electron chi connectivity index (χ3n) is 4.07. The van der Waals surface area contributed by atoms with Gasteiger partial charge in [0.05, 0.1) is 13.2 Å². The van der Waals surface area contributed by atoms with Gasteiger partial charge >= 0.3 is 0 Å². The summed E-state index contributed by atoms with van der Waals surface area (Å²) in [5.41, 5.74) is 2.11. The predicted octanol–water partition coefficient (Wildman–Crippen LogP) is 3.23. The van der Waals surface area contributed by atoms with E-state index in [1.165, 1.54) is 0 Å². The molecule has 0 unspecified atom stereocenters. The number of aryl methyl sites for hydroxylation is 1. The van der Waals surface area contributed by atoms with Crippen LogP contribution in [0, 0.1) is 0 Å². The van der Waals surface area contributed by atoms with Crippen LogP contribution in [0.15, 0.2) is 42.5 Å². The quantitative estimate of drug-likeness (QED) is 0.885. The lowest BCUT2D eigenvalue weighted by atomic mass is 10.1. The van der Waals surface area contributed by atoms with Crippen LogP contribution in [0.3, 0.4) is 0 Å². The average molecular weight is 327 g/mol. The Morgan fingerprint density at radius 2 is 1.92 bits per heavy atom. The zero-order valence-corrected chi connectivity index (χ0v) is 13.9. The minimum atomic E-state index is -0.0415. The first-order chi connectivity index (χ1) is 11.7. The number of ether oxygens (including phenoxy) is 3. The number of fused-ring (bicyclic) bond motifs is 1. The largest absolute Gasteiger partial charge is 0.497 e. The van der Waals surface area contributed by atoms with Gasteiger partial charge < -0.3 is 19.5 Å². The Morgan fingerprint density at radius 3 is 2.67 bits per heavy atom. The molecule has 0 aliphatic carbocycles. The van der Waals surface area contributed by atoms with E-state index >= 15 is 0 Å². The number of amides is 1. The summed E-state index contributed by atoms with van der Waals surface area (Å²) in [6, 6.07) is 13.4. The molecule has 0 aromatic heterocycles. The van der Waals surface area contributed by atoms with E-state index in [-0.39, 0.29) is 18.7 Å². The summed E-state index contributed by atoms with van der Waals surface area (Å²) in [5, 5.41) is 3.02. The lowest BCUT2D eigenvalue weighted by Gasteiger charge is -2.15. The van der Waals surface area contributed by atoms with Crippen LogP contribution in [0.25, 0.3) is 0 Å². The fourth-order valence-corrected chi connectivity index (χ4v) is 2.64. The zero-order chi connectivity index (χ0) is 16.9. The van der Waals surface area contributed by atoms with Crippen LogP contribution in [0.4, 0.5) is 0 Å². The molecule has 3 rings (SSSR count). The first-order valence-electron chi connectivity index (χ1n) is 7.97. The van der Waals surface area contributed by atoms with Gasteiger partial charge in [-0.2, -0.15) is 0 Å². The summed E-state index contributed by atoms with van der Waals surface area (Å²) in [4.78, 5) is 12.2. The number of nitrogens with one attached hydrogen (secondary N) is 1. The second kappa shape index (κ2) is 7.25. The second-order valence-electron chi connectivity index (χ2n) is 5.75. The molecule has 0 saturated carbocycles. The molecule has 0 fully saturated rings. The Balaban J connectivity index is 1.51. The highest BCUT2D eigenvalue weighted by atomic mass is 16.7. The molecule has 1 aliphatic rings. The van der Waals surface area contributed by atoms with E-state index in [2.05, 4.69) is 5.32 Å². The third-order valence-corrected chi connectivity index (χ3v) is 4.07. The van der Waals surface area contributed by atoms with Gasteiger partial charge in [-0.3, -0.25) is 4.79 Å². The van der Waals surface area contributed by atoms with Gasteiger partial charge in [-0.15, -0.1) is 0 Å². The molecule has 1 heterocycles. The Kier molecular flexibility index (Phi) is 4.89. The topological polar surface area (TPSA) is 56.8 Å². The van der Waals surface area contributed by atoms with Gasteiger partial charge in [0, 0.05) is 6.42 Å². The first kappa shape index (κ1) is 16.2. The van der Waals surface area contributed by atoms with Crippen LogP contribution < -0.4 is 19.5 Å². The van der Waals surface area contributed by atoms with Crippen molar-refractivity contribution in [2.45, 2.75) is 25.8 Å². The SMILES string of the molecule is COc1ccc([C@H](C)NC(=O)CCc2ccc3c(c2)OCO3)cc1. The number of methoxy groups -OCH3 is 1. The molecule has 0 spiro atoms. The highest BCUT2D eigenvalue weighted by Crippen LogP contribution is 2.32. The van der Waals surface area contributed by atoms with E-state index in [4.69, 9.17) is 14.2 Å². The summed E-state index contributed by atoms with van der Waals surface area (Å²) in [7, 11) is 1.64. The predicted molar refractivity (Wildman–Crippen MR) is 90.4 cm³/mol. The molecule has 0 radical (unpaired) electrons. The average Bonchev–Trinajstić information content (AvgIpc) is 3.07. The van der Waals surface area contributed by atoms with Gasteiger partial charge in [-0.25, -0.2) is 0 Å². The van der Waals surface area contributed by atoms with Gasteiger partial charge in [0.25, 0.3) is 0 Å². The molecule has 5 heteroatoms. The highest BCUT2D eigenvalue weighted by molar-refractivity contribution is 5.76. The van der Waals surface area contributed by atoms with Crippen molar-refractivity contribution in [3.63, 3.8) is 0 Å². The van der Waals surface area contributed by atoms with E-state index in [1.54, 1.807) is 7.11 Å². The van der Waals surface area contributed by atoms with Crippen LogP contribution in [0.1, 0.15) is 30.5 Å². The maximum Gasteiger partial charge on any atom is 0.231 e. The second-order valence-corrected chi connectivity index (χ2v) is 5.75. The van der Waals surface area contributed by atoms with E-state index < -0.39 is 0 Å². The van der Waals surface area contributed by atoms with Gasteiger partial charge in [0.1, 0.15) is 5.75 Å². The molecule has 2 aromatic rings. The maximum absolute atomic E-state index is 12.2. The molecule has 2 aromatic carbocycles. The van der Waals surface area contributed by atoms with E-state index in [0.29, 0.717) is 12.8 Å². The van der Waals surface area contributed by atoms with Crippen LogP contribution in [-0.2, 0) is 11.2 Å². The van der Waals surface area contributed by atoms with Crippen molar-refractivity contribution in [2.75, 3.05) is 13.9 Å². The summed E-state index contributed by atoms with van der Waals surface area (Å²) < 4.78 is 15.8. The summed E-state index contributed by atoms with van der Waals surface area (Å²) in [6.07, 6.45) is 1.10. The molecule has 1 atom stereocenters. The number of hydrogen-bond acceptors (Lipinski definition) is 4. The van der Waals surface area contributed by atoms with E-state index in [0.717, 1.165) is 28.4 Å². The van der Waals surface area contributed by atoms with Crippen LogP contribution in [0.2, 0.25) is 0 Å². The van der Waals surface area contributed by atoms with Crippen LogP contribution in [-0.4, -0.2) is 19.8 Å². The summed E-state index contributed by atoms with van der Waals surface area (Å²) in [5.74, 6) is 2.34. The first-order valence-corrected chi connectivity index (χ1v) is 7.97. The Hall–Kier alpha value is -2.69. The monoisotopic (exact) mass is 327 g/mol. The highest BCUT2D eigenvalue weighted by Gasteiger charge is 2.14. The van der Waals surface area contributed by atoms with Crippen molar-refractivity contribution in [2.24, 2.45) is 0 Å². The molecular weight excluding hydrogens is 306 g/mol. The zero-order valence-electron chi connectivity index (χ0n) is 13.9. The van der Waals surface area contributed by atoms with Crippen LogP contribution >= 0.6 is 0 Å². The van der Waals surface area contributed by atoms with E-state index in [9.17, 15) is 4.79 Å². The van der Waals surface area contributed by atoms with Crippen molar-refractivity contribution in [3.05, 3.63) is 53.6 Å². The number of rotatable bonds is 6. The molecule has 5 nitrogen and oxygen atoms in total. The molecule has 1 amide bonds. The number of benzene rings is 2.